The van der Waals surface area contributed by atoms with E-state index in [1.165, 1.54) is 10.7 Å². The van der Waals surface area contributed by atoms with E-state index in [-0.39, 0.29) is 29.3 Å². The molecular weight excluding hydrogens is 294 g/mol. The van der Waals surface area contributed by atoms with E-state index >= 15 is 0 Å². The van der Waals surface area contributed by atoms with Gasteiger partial charge in [-0.3, -0.25) is 0 Å². The Morgan fingerprint density at radius 3 is 3.00 bits per heavy atom. The zero-order valence-corrected chi connectivity index (χ0v) is 11.9. The smallest absolute Gasteiger partial charge is 0.345 e. The minimum Gasteiger partial charge on any atom is -0.477 e. The molecule has 0 fully saturated rings. The van der Waals surface area contributed by atoms with Crippen molar-refractivity contribution in [2.24, 2.45) is 0 Å². The lowest BCUT2D eigenvalue weighted by molar-refractivity contribution is 0.0520. The highest BCUT2D eigenvalue weighted by atomic mass is 19.1. The summed E-state index contributed by atoms with van der Waals surface area (Å²) in [5.41, 5.74) is 0.217. The van der Waals surface area contributed by atoms with Gasteiger partial charge in [0.25, 0.3) is 0 Å². The Morgan fingerprint density at radius 1 is 1.45 bits per heavy atom. The molecule has 1 aromatic carbocycles. The molecule has 2 aromatic rings. The van der Waals surface area contributed by atoms with Gasteiger partial charge in [0.05, 0.1) is 13.2 Å². The second-order valence-electron chi connectivity index (χ2n) is 4.80. The van der Waals surface area contributed by atoms with E-state index in [1.807, 2.05) is 0 Å². The molecule has 7 heteroatoms. The van der Waals surface area contributed by atoms with Crippen LogP contribution in [0.1, 0.15) is 23.7 Å². The number of rotatable bonds is 3. The van der Waals surface area contributed by atoms with Crippen molar-refractivity contribution >= 4 is 5.97 Å². The van der Waals surface area contributed by atoms with Gasteiger partial charge < -0.3 is 9.47 Å². The van der Waals surface area contributed by atoms with Crippen LogP contribution in [-0.2, 0) is 11.3 Å². The summed E-state index contributed by atoms with van der Waals surface area (Å²) < 4.78 is 39.1. The van der Waals surface area contributed by atoms with E-state index in [2.05, 4.69) is 5.10 Å². The van der Waals surface area contributed by atoms with E-state index in [9.17, 15) is 13.6 Å². The molecular formula is C15H14F2N2O3. The van der Waals surface area contributed by atoms with Crippen LogP contribution in [0.25, 0.3) is 11.3 Å². The molecule has 3 rings (SSSR count). The highest BCUT2D eigenvalue weighted by Crippen LogP contribution is 2.34. The van der Waals surface area contributed by atoms with Crippen molar-refractivity contribution in [1.82, 2.24) is 9.78 Å². The van der Waals surface area contributed by atoms with Crippen LogP contribution >= 0.6 is 0 Å². The number of carbonyl (C=O) groups is 1. The van der Waals surface area contributed by atoms with Crippen molar-refractivity contribution in [1.29, 1.82) is 0 Å². The van der Waals surface area contributed by atoms with E-state index in [4.69, 9.17) is 9.47 Å². The Bertz CT molecular complexity index is 728. The van der Waals surface area contributed by atoms with Crippen molar-refractivity contribution in [3.63, 3.8) is 0 Å². The van der Waals surface area contributed by atoms with Gasteiger partial charge in [-0.2, -0.15) is 5.10 Å². The zero-order chi connectivity index (χ0) is 15.7. The third-order valence-corrected chi connectivity index (χ3v) is 3.32. The Labute approximate surface area is 125 Å². The van der Waals surface area contributed by atoms with E-state index in [0.29, 0.717) is 13.2 Å². The molecule has 0 saturated heterocycles. The SMILES string of the molecule is CCOC(=O)c1c(-c2ccc(F)cc2F)nn2c1OCCC2. The number of hydrogen-bond acceptors (Lipinski definition) is 4. The quantitative estimate of drug-likeness (QED) is 0.818. The lowest BCUT2D eigenvalue weighted by atomic mass is 10.1. The summed E-state index contributed by atoms with van der Waals surface area (Å²) in [6, 6.07) is 3.12. The summed E-state index contributed by atoms with van der Waals surface area (Å²) in [6.45, 7) is 2.86. The third-order valence-electron chi connectivity index (χ3n) is 3.32. The van der Waals surface area contributed by atoms with Crippen molar-refractivity contribution < 1.29 is 23.0 Å². The Balaban J connectivity index is 2.17. The number of fused-ring (bicyclic) bond motifs is 1. The molecule has 0 aliphatic carbocycles. The van der Waals surface area contributed by atoms with Gasteiger partial charge in [-0.05, 0) is 19.1 Å². The molecule has 5 nitrogen and oxygen atoms in total. The van der Waals surface area contributed by atoms with Crippen LogP contribution in [0, 0.1) is 11.6 Å². The van der Waals surface area contributed by atoms with Crippen LogP contribution in [0.2, 0.25) is 0 Å². The number of ether oxygens (including phenoxy) is 2. The highest BCUT2D eigenvalue weighted by molar-refractivity contribution is 5.98. The normalized spacial score (nSPS) is 13.4. The first-order valence-electron chi connectivity index (χ1n) is 6.98. The molecule has 0 saturated carbocycles. The highest BCUT2D eigenvalue weighted by Gasteiger charge is 2.30. The van der Waals surface area contributed by atoms with Gasteiger partial charge in [0.2, 0.25) is 5.88 Å². The van der Waals surface area contributed by atoms with Crippen LogP contribution in [-0.4, -0.2) is 29.0 Å². The van der Waals surface area contributed by atoms with Crippen molar-refractivity contribution in [2.75, 3.05) is 13.2 Å². The number of benzene rings is 1. The molecule has 22 heavy (non-hydrogen) atoms. The molecule has 0 amide bonds. The Hall–Kier alpha value is -2.44. The third kappa shape index (κ3) is 2.43. The predicted octanol–water partition coefficient (Wildman–Crippen LogP) is 2.79. The van der Waals surface area contributed by atoms with Gasteiger partial charge >= 0.3 is 5.97 Å². The summed E-state index contributed by atoms with van der Waals surface area (Å²) in [4.78, 5) is 12.2. The van der Waals surface area contributed by atoms with Crippen molar-refractivity contribution in [2.45, 2.75) is 19.9 Å². The molecule has 0 atom stereocenters. The molecule has 0 radical (unpaired) electrons. The number of aromatic nitrogens is 2. The molecule has 2 heterocycles. The minimum atomic E-state index is -0.791. The maximum atomic E-state index is 14.0. The maximum absolute atomic E-state index is 14.0. The first-order valence-corrected chi connectivity index (χ1v) is 6.98. The Morgan fingerprint density at radius 2 is 2.27 bits per heavy atom. The number of halogens is 2. The molecule has 1 aliphatic heterocycles. The largest absolute Gasteiger partial charge is 0.477 e. The molecule has 116 valence electrons. The van der Waals surface area contributed by atoms with Crippen molar-refractivity contribution in [3.05, 3.63) is 35.4 Å². The van der Waals surface area contributed by atoms with Crippen LogP contribution in [0.3, 0.4) is 0 Å². The number of aryl methyl sites for hydroxylation is 1. The van der Waals surface area contributed by atoms with E-state index < -0.39 is 17.6 Å². The lowest BCUT2D eigenvalue weighted by Gasteiger charge is -2.15. The predicted molar refractivity (Wildman–Crippen MR) is 73.6 cm³/mol. The van der Waals surface area contributed by atoms with Gasteiger partial charge in [0.1, 0.15) is 22.9 Å². The summed E-state index contributed by atoms with van der Waals surface area (Å²) in [6.07, 6.45) is 0.738. The average molecular weight is 308 g/mol. The summed E-state index contributed by atoms with van der Waals surface area (Å²) in [7, 11) is 0. The fraction of sp³-hybridized carbons (Fsp3) is 0.333. The molecule has 0 bridgehead atoms. The fourth-order valence-electron chi connectivity index (χ4n) is 2.39. The molecule has 0 N–H and O–H groups in total. The topological polar surface area (TPSA) is 53.3 Å². The average Bonchev–Trinajstić information content (AvgIpc) is 2.86. The van der Waals surface area contributed by atoms with E-state index in [0.717, 1.165) is 18.6 Å². The molecule has 1 aromatic heterocycles. The molecule has 0 spiro atoms. The van der Waals surface area contributed by atoms with Gasteiger partial charge in [0, 0.05) is 24.6 Å². The van der Waals surface area contributed by atoms with Crippen molar-refractivity contribution in [3.8, 4) is 17.1 Å². The van der Waals surface area contributed by atoms with Crippen LogP contribution in [0.15, 0.2) is 18.2 Å². The number of esters is 1. The fourth-order valence-corrected chi connectivity index (χ4v) is 2.39. The standard InChI is InChI=1S/C15H14F2N2O3/c1-2-21-15(20)12-13(10-5-4-9(16)8-11(10)17)18-19-6-3-7-22-14(12)19/h4-5,8H,2-3,6-7H2,1H3. The maximum Gasteiger partial charge on any atom is 0.345 e. The monoisotopic (exact) mass is 308 g/mol. The molecule has 0 unspecified atom stereocenters. The zero-order valence-electron chi connectivity index (χ0n) is 11.9. The van der Waals surface area contributed by atoms with E-state index in [1.54, 1.807) is 6.92 Å². The first-order chi connectivity index (χ1) is 10.6. The second-order valence-corrected chi connectivity index (χ2v) is 4.80. The lowest BCUT2D eigenvalue weighted by Crippen LogP contribution is -2.16. The van der Waals surface area contributed by atoms with Crippen LogP contribution < -0.4 is 4.74 Å². The summed E-state index contributed by atoms with van der Waals surface area (Å²) >= 11 is 0. The van der Waals surface area contributed by atoms with Gasteiger partial charge in [-0.15, -0.1) is 0 Å². The van der Waals surface area contributed by atoms with Gasteiger partial charge in [-0.1, -0.05) is 0 Å². The second kappa shape index (κ2) is 5.75. The Kier molecular flexibility index (Phi) is 3.79. The van der Waals surface area contributed by atoms with Gasteiger partial charge in [-0.25, -0.2) is 18.3 Å². The number of hydrogen-bond donors (Lipinski definition) is 0. The van der Waals surface area contributed by atoms with Crippen LogP contribution in [0.4, 0.5) is 8.78 Å². The molecule has 1 aliphatic rings. The minimum absolute atomic E-state index is 0.0370. The first kappa shape index (κ1) is 14.5. The summed E-state index contributed by atoms with van der Waals surface area (Å²) in [5.74, 6) is -1.85. The van der Waals surface area contributed by atoms with Crippen LogP contribution in [0.5, 0.6) is 5.88 Å². The number of carbonyl (C=O) groups excluding carboxylic acids is 1. The van der Waals surface area contributed by atoms with Gasteiger partial charge in [0.15, 0.2) is 0 Å². The summed E-state index contributed by atoms with van der Waals surface area (Å²) in [5, 5.41) is 4.24. The number of nitrogens with zero attached hydrogens (tertiary/aromatic N) is 2.